The molecule has 0 aliphatic carbocycles. The summed E-state index contributed by atoms with van der Waals surface area (Å²) in [6.45, 7) is 5.66. The van der Waals surface area contributed by atoms with Crippen molar-refractivity contribution in [2.75, 3.05) is 18.4 Å². The van der Waals surface area contributed by atoms with E-state index >= 15 is 0 Å². The molecule has 4 N–H and O–H groups in total. The third kappa shape index (κ3) is 6.29. The molecule has 4 heterocycles. The van der Waals surface area contributed by atoms with Crippen LogP contribution in [0.15, 0.2) is 85.3 Å². The number of amides is 2. The fourth-order valence-electron chi connectivity index (χ4n) is 6.75. The monoisotopic (exact) mass is 613 g/mol. The molecule has 7 rings (SSSR count). The Hall–Kier alpha value is -4.86. The summed E-state index contributed by atoms with van der Waals surface area (Å²) in [6, 6.07) is 25.4. The number of nitrogens with one attached hydrogen (secondary N) is 2. The first-order valence-electron chi connectivity index (χ1n) is 16.1. The van der Waals surface area contributed by atoms with E-state index in [1.807, 2.05) is 4.52 Å². The molecule has 9 heteroatoms. The number of carbonyl (C=O) groups is 2. The van der Waals surface area contributed by atoms with Crippen LogP contribution in [0, 0.1) is 6.92 Å². The van der Waals surface area contributed by atoms with Crippen molar-refractivity contribution >= 4 is 23.0 Å². The molecule has 2 fully saturated rings. The number of aryl methyl sites for hydroxylation is 1. The Morgan fingerprint density at radius 2 is 1.67 bits per heavy atom. The van der Waals surface area contributed by atoms with Crippen LogP contribution in [-0.2, 0) is 22.7 Å². The molecule has 234 valence electrons. The second-order valence-electron chi connectivity index (χ2n) is 12.5. The fraction of sp³-hybridized carbons (Fsp3) is 0.297. The minimum Gasteiger partial charge on any atom is -0.374 e. The Labute approximate surface area is 268 Å². The van der Waals surface area contributed by atoms with Gasteiger partial charge in [0.1, 0.15) is 12.4 Å². The van der Waals surface area contributed by atoms with E-state index in [0.717, 1.165) is 71.6 Å². The number of benzene rings is 3. The maximum Gasteiger partial charge on any atom is 0.249 e. The average molecular weight is 614 g/mol. The molecule has 2 aliphatic rings. The number of carbonyl (C=O) groups excluding carboxylic acids is 2. The normalized spacial score (nSPS) is 17.7. The molecule has 9 nitrogen and oxygen atoms in total. The Balaban J connectivity index is 0.953. The highest BCUT2D eigenvalue weighted by atomic mass is 16.2. The minimum atomic E-state index is -0.360. The van der Waals surface area contributed by atoms with Crippen LogP contribution in [0.1, 0.15) is 53.9 Å². The molecule has 2 saturated heterocycles. The second kappa shape index (κ2) is 12.9. The molecule has 2 aromatic heterocycles. The Morgan fingerprint density at radius 1 is 0.913 bits per heavy atom. The molecule has 2 amide bonds. The number of anilines is 1. The Morgan fingerprint density at radius 3 is 2.39 bits per heavy atom. The second-order valence-corrected chi connectivity index (χ2v) is 12.5. The Bertz CT molecular complexity index is 1870. The van der Waals surface area contributed by atoms with Gasteiger partial charge in [0.15, 0.2) is 0 Å². The van der Waals surface area contributed by atoms with E-state index in [2.05, 4.69) is 112 Å². The zero-order chi connectivity index (χ0) is 31.6. The smallest absolute Gasteiger partial charge is 0.249 e. The minimum absolute atomic E-state index is 0.196. The van der Waals surface area contributed by atoms with E-state index < -0.39 is 0 Å². The van der Waals surface area contributed by atoms with Gasteiger partial charge in [-0.05, 0) is 97.3 Å². The summed E-state index contributed by atoms with van der Waals surface area (Å²) < 4.78 is 1.91. The zero-order valence-electron chi connectivity index (χ0n) is 26.1. The number of nitrogens with two attached hydrogens (primary N) is 1. The predicted octanol–water partition coefficient (Wildman–Crippen LogP) is 5.43. The quantitative estimate of drug-likeness (QED) is 0.200. The van der Waals surface area contributed by atoms with Gasteiger partial charge in [-0.3, -0.25) is 19.8 Å². The fourth-order valence-corrected chi connectivity index (χ4v) is 6.75. The van der Waals surface area contributed by atoms with Gasteiger partial charge < -0.3 is 11.1 Å². The molecular formula is C37H39N7O2. The van der Waals surface area contributed by atoms with Gasteiger partial charge in [-0.25, -0.2) is 9.50 Å². The van der Waals surface area contributed by atoms with Gasteiger partial charge in [-0.2, -0.15) is 5.10 Å². The van der Waals surface area contributed by atoms with Gasteiger partial charge in [-0.15, -0.1) is 0 Å². The van der Waals surface area contributed by atoms with Crippen LogP contribution in [-0.4, -0.2) is 50.4 Å². The van der Waals surface area contributed by atoms with Crippen LogP contribution >= 0.6 is 0 Å². The van der Waals surface area contributed by atoms with Crippen LogP contribution in [0.5, 0.6) is 0 Å². The number of hydrogen-bond donors (Lipinski definition) is 3. The van der Waals surface area contributed by atoms with Crippen LogP contribution in [0.25, 0.3) is 27.9 Å². The molecule has 0 saturated carbocycles. The number of hydrogen-bond acceptors (Lipinski definition) is 7. The van der Waals surface area contributed by atoms with E-state index in [1.165, 1.54) is 16.7 Å². The van der Waals surface area contributed by atoms with Crippen molar-refractivity contribution in [3.8, 4) is 22.4 Å². The predicted molar refractivity (Wildman–Crippen MR) is 180 cm³/mol. The van der Waals surface area contributed by atoms with E-state index in [-0.39, 0.29) is 17.9 Å². The highest BCUT2D eigenvalue weighted by molar-refractivity contribution is 6.01. The summed E-state index contributed by atoms with van der Waals surface area (Å²) in [4.78, 5) is 30.6. The molecule has 46 heavy (non-hydrogen) atoms. The first-order valence-corrected chi connectivity index (χ1v) is 16.1. The van der Waals surface area contributed by atoms with Crippen LogP contribution in [0.4, 0.5) is 5.69 Å². The lowest BCUT2D eigenvalue weighted by Gasteiger charge is -2.32. The van der Waals surface area contributed by atoms with Crippen LogP contribution < -0.4 is 16.4 Å². The number of imide groups is 1. The summed E-state index contributed by atoms with van der Waals surface area (Å²) in [5, 5.41) is 10.2. The van der Waals surface area contributed by atoms with Crippen molar-refractivity contribution in [3.05, 3.63) is 108 Å². The number of aromatic nitrogens is 3. The molecule has 0 bridgehead atoms. The molecule has 2 aliphatic heterocycles. The van der Waals surface area contributed by atoms with Gasteiger partial charge in [-0.1, -0.05) is 48.5 Å². The van der Waals surface area contributed by atoms with Crippen molar-refractivity contribution in [3.63, 3.8) is 0 Å². The highest BCUT2D eigenvalue weighted by Gasteiger charge is 2.26. The lowest BCUT2D eigenvalue weighted by atomic mass is 9.89. The summed E-state index contributed by atoms with van der Waals surface area (Å²) >= 11 is 0. The van der Waals surface area contributed by atoms with E-state index in [4.69, 9.17) is 5.73 Å². The maximum atomic E-state index is 12.1. The van der Waals surface area contributed by atoms with E-state index in [9.17, 15) is 9.59 Å². The number of rotatable bonds is 8. The first-order chi connectivity index (χ1) is 22.4. The topological polar surface area (TPSA) is 118 Å². The van der Waals surface area contributed by atoms with E-state index in [0.29, 0.717) is 25.3 Å². The summed E-state index contributed by atoms with van der Waals surface area (Å²) in [7, 11) is 0. The summed E-state index contributed by atoms with van der Waals surface area (Å²) in [6.07, 6.45) is 6.82. The lowest BCUT2D eigenvalue weighted by Crippen LogP contribution is -2.47. The summed E-state index contributed by atoms with van der Waals surface area (Å²) in [5.41, 5.74) is 17.0. The molecule has 0 radical (unpaired) electrons. The van der Waals surface area contributed by atoms with Crippen molar-refractivity contribution in [2.24, 2.45) is 5.73 Å². The van der Waals surface area contributed by atoms with Crippen LogP contribution in [0.2, 0.25) is 0 Å². The average Bonchev–Trinajstić information content (AvgIpc) is 3.52. The van der Waals surface area contributed by atoms with Crippen LogP contribution in [0.3, 0.4) is 0 Å². The van der Waals surface area contributed by atoms with Gasteiger partial charge in [0.25, 0.3) is 0 Å². The first kappa shape index (κ1) is 29.8. The molecule has 1 unspecified atom stereocenters. The molecule has 0 spiro atoms. The number of fused-ring (bicyclic) bond motifs is 1. The third-order valence-corrected chi connectivity index (χ3v) is 9.49. The highest BCUT2D eigenvalue weighted by Crippen LogP contribution is 2.32. The van der Waals surface area contributed by atoms with Crippen molar-refractivity contribution < 1.29 is 9.59 Å². The standard InChI is InChI=1S/C37H39N7O2/c1-24-18-29(6-7-30(24)20-38)36-34-19-31(22-44(34)40-23-39-36)27-4-2-25(3-5-27)21-43-16-14-28(15-17-43)26-8-10-32(11-9-26)41-33-12-13-35(45)42-37(33)46/h2-11,18-19,22-23,28,33,41H,12-17,20-21,38H2,1H3,(H,42,45,46). The Kier molecular flexibility index (Phi) is 8.34. The van der Waals surface area contributed by atoms with Crippen molar-refractivity contribution in [1.82, 2.24) is 24.8 Å². The third-order valence-electron chi connectivity index (χ3n) is 9.49. The molecular weight excluding hydrogens is 574 g/mol. The maximum absolute atomic E-state index is 12.1. The SMILES string of the molecule is Cc1cc(-c2ncnn3cc(-c4ccc(CN5CCC(c6ccc(NC7CCC(=O)NC7=O)cc6)CC5)cc4)cc23)ccc1CN. The number of likely N-dealkylation sites (tertiary alicyclic amines) is 1. The molecule has 3 aromatic carbocycles. The van der Waals surface area contributed by atoms with Gasteiger partial charge in [0.2, 0.25) is 11.8 Å². The zero-order valence-corrected chi connectivity index (χ0v) is 26.1. The number of nitrogens with zero attached hydrogens (tertiary/aromatic N) is 4. The van der Waals surface area contributed by atoms with Crippen molar-refractivity contribution in [2.45, 2.75) is 57.7 Å². The molecule has 5 aromatic rings. The van der Waals surface area contributed by atoms with Crippen molar-refractivity contribution in [1.29, 1.82) is 0 Å². The summed E-state index contributed by atoms with van der Waals surface area (Å²) in [5.74, 6) is 0.0898. The largest absolute Gasteiger partial charge is 0.374 e. The molecule has 1 atom stereocenters. The van der Waals surface area contributed by atoms with Gasteiger partial charge >= 0.3 is 0 Å². The van der Waals surface area contributed by atoms with Gasteiger partial charge in [0, 0.05) is 42.5 Å². The number of piperidine rings is 2. The lowest BCUT2D eigenvalue weighted by molar-refractivity contribution is -0.133. The van der Waals surface area contributed by atoms with Gasteiger partial charge in [0.05, 0.1) is 11.2 Å². The van der Waals surface area contributed by atoms with E-state index in [1.54, 1.807) is 6.33 Å².